The molecule has 4 nitrogen and oxygen atoms in total. The Morgan fingerprint density at radius 3 is 2.75 bits per heavy atom. The third-order valence-corrected chi connectivity index (χ3v) is 2.69. The van der Waals surface area contributed by atoms with Crippen LogP contribution in [0.2, 0.25) is 5.02 Å². The summed E-state index contributed by atoms with van der Waals surface area (Å²) < 4.78 is 0. The van der Waals surface area contributed by atoms with Crippen LogP contribution in [-0.2, 0) is 0 Å². The van der Waals surface area contributed by atoms with Gasteiger partial charge in [0.1, 0.15) is 0 Å². The Balaban J connectivity index is 2.14. The summed E-state index contributed by atoms with van der Waals surface area (Å²) in [5.74, 6) is 5.30. The molecule has 0 spiro atoms. The smallest absolute Gasteiger partial charge is 0.257 e. The number of nitrogens with zero attached hydrogens (tertiary/aromatic N) is 1. The van der Waals surface area contributed by atoms with Crippen LogP contribution in [0.1, 0.15) is 15.9 Å². The van der Waals surface area contributed by atoms with Gasteiger partial charge in [-0.1, -0.05) is 23.4 Å². The van der Waals surface area contributed by atoms with E-state index in [-0.39, 0.29) is 12.5 Å². The Hall–Kier alpha value is -2.35. The number of carbonyl (C=O) groups is 1. The van der Waals surface area contributed by atoms with Crippen LogP contribution < -0.4 is 11.1 Å². The first-order valence-electron chi connectivity index (χ1n) is 5.90. The number of halogens is 1. The number of pyridine rings is 1. The van der Waals surface area contributed by atoms with Gasteiger partial charge in [-0.15, -0.1) is 0 Å². The summed E-state index contributed by atoms with van der Waals surface area (Å²) >= 11 is 5.79. The van der Waals surface area contributed by atoms with E-state index in [1.807, 2.05) is 0 Å². The van der Waals surface area contributed by atoms with Crippen LogP contribution in [0.4, 0.5) is 5.69 Å². The third kappa shape index (κ3) is 3.82. The van der Waals surface area contributed by atoms with Gasteiger partial charge in [0, 0.05) is 28.7 Å². The molecule has 0 atom stereocenters. The molecule has 0 aliphatic heterocycles. The molecule has 0 fully saturated rings. The van der Waals surface area contributed by atoms with Crippen LogP contribution >= 0.6 is 11.6 Å². The number of anilines is 1. The van der Waals surface area contributed by atoms with Crippen molar-refractivity contribution >= 4 is 23.2 Å². The Kier molecular flexibility index (Phi) is 4.72. The van der Waals surface area contributed by atoms with Crippen molar-refractivity contribution in [3.8, 4) is 11.8 Å². The fourth-order valence-corrected chi connectivity index (χ4v) is 1.65. The average Bonchev–Trinajstić information content (AvgIpc) is 2.48. The molecule has 5 heteroatoms. The van der Waals surface area contributed by atoms with Crippen molar-refractivity contribution in [2.75, 3.05) is 11.9 Å². The maximum atomic E-state index is 12.1. The van der Waals surface area contributed by atoms with Gasteiger partial charge in [-0.25, -0.2) is 0 Å². The molecule has 100 valence electrons. The standard InChI is InChI=1S/C15H12ClN3O/c16-13-3-5-14(6-4-13)19-15(20)12-8-11(2-1-7-17)9-18-10-12/h3-6,8-10H,7,17H2,(H,19,20). The first kappa shape index (κ1) is 14.1. The lowest BCUT2D eigenvalue weighted by atomic mass is 10.2. The lowest BCUT2D eigenvalue weighted by molar-refractivity contribution is 0.102. The molecule has 0 saturated heterocycles. The van der Waals surface area contributed by atoms with E-state index in [4.69, 9.17) is 17.3 Å². The monoisotopic (exact) mass is 285 g/mol. The van der Waals surface area contributed by atoms with Gasteiger partial charge in [-0.2, -0.15) is 0 Å². The van der Waals surface area contributed by atoms with Gasteiger partial charge in [-0.05, 0) is 30.3 Å². The summed E-state index contributed by atoms with van der Waals surface area (Å²) in [6, 6.07) is 8.54. The zero-order chi connectivity index (χ0) is 14.4. The Labute approximate surface area is 122 Å². The fraction of sp³-hybridized carbons (Fsp3) is 0.0667. The number of nitrogens with two attached hydrogens (primary N) is 1. The van der Waals surface area contributed by atoms with Crippen molar-refractivity contribution < 1.29 is 4.79 Å². The molecule has 0 saturated carbocycles. The van der Waals surface area contributed by atoms with Crippen LogP contribution in [0.15, 0.2) is 42.7 Å². The SMILES string of the molecule is NCC#Cc1cncc(C(=O)Nc2ccc(Cl)cc2)c1. The highest BCUT2D eigenvalue weighted by molar-refractivity contribution is 6.30. The second kappa shape index (κ2) is 6.71. The number of nitrogens with one attached hydrogen (secondary N) is 1. The first-order valence-corrected chi connectivity index (χ1v) is 6.28. The van der Waals surface area contributed by atoms with Gasteiger partial charge in [-0.3, -0.25) is 9.78 Å². The summed E-state index contributed by atoms with van der Waals surface area (Å²) in [5.41, 5.74) is 7.06. The molecule has 1 aromatic heterocycles. The zero-order valence-electron chi connectivity index (χ0n) is 10.6. The number of rotatable bonds is 2. The minimum absolute atomic E-state index is 0.253. The fourth-order valence-electron chi connectivity index (χ4n) is 1.52. The zero-order valence-corrected chi connectivity index (χ0v) is 11.3. The van der Waals surface area contributed by atoms with E-state index < -0.39 is 0 Å². The normalized spacial score (nSPS) is 9.50. The molecule has 2 rings (SSSR count). The van der Waals surface area contributed by atoms with Gasteiger partial charge in [0.25, 0.3) is 5.91 Å². The predicted octanol–water partition coefficient (Wildman–Crippen LogP) is 2.30. The highest BCUT2D eigenvalue weighted by atomic mass is 35.5. The lowest BCUT2D eigenvalue weighted by Crippen LogP contribution is -2.12. The quantitative estimate of drug-likeness (QED) is 0.832. The minimum Gasteiger partial charge on any atom is -0.322 e. The van der Waals surface area contributed by atoms with E-state index in [0.29, 0.717) is 21.8 Å². The van der Waals surface area contributed by atoms with E-state index >= 15 is 0 Å². The van der Waals surface area contributed by atoms with Crippen molar-refractivity contribution in [1.29, 1.82) is 0 Å². The largest absolute Gasteiger partial charge is 0.322 e. The van der Waals surface area contributed by atoms with E-state index in [1.54, 1.807) is 36.5 Å². The van der Waals surface area contributed by atoms with Gasteiger partial charge >= 0.3 is 0 Å². The molecular weight excluding hydrogens is 274 g/mol. The van der Waals surface area contributed by atoms with Crippen molar-refractivity contribution in [1.82, 2.24) is 4.98 Å². The molecule has 1 heterocycles. The molecule has 1 amide bonds. The number of aromatic nitrogens is 1. The van der Waals surface area contributed by atoms with Crippen LogP contribution in [0.3, 0.4) is 0 Å². The van der Waals surface area contributed by atoms with E-state index in [2.05, 4.69) is 22.1 Å². The predicted molar refractivity (Wildman–Crippen MR) is 79.6 cm³/mol. The van der Waals surface area contributed by atoms with Crippen LogP contribution in [0.25, 0.3) is 0 Å². The molecule has 1 aromatic carbocycles. The van der Waals surface area contributed by atoms with Crippen LogP contribution in [-0.4, -0.2) is 17.4 Å². The summed E-state index contributed by atoms with van der Waals surface area (Å²) in [4.78, 5) is 16.1. The Morgan fingerprint density at radius 2 is 2.05 bits per heavy atom. The van der Waals surface area contributed by atoms with Gasteiger partial charge in [0.05, 0.1) is 12.1 Å². The van der Waals surface area contributed by atoms with E-state index in [9.17, 15) is 4.79 Å². The molecule has 0 unspecified atom stereocenters. The number of carbonyl (C=O) groups excluding carboxylic acids is 1. The molecular formula is C15H12ClN3O. The maximum Gasteiger partial charge on any atom is 0.257 e. The van der Waals surface area contributed by atoms with Crippen LogP contribution in [0.5, 0.6) is 0 Å². The highest BCUT2D eigenvalue weighted by Gasteiger charge is 2.07. The Morgan fingerprint density at radius 1 is 1.30 bits per heavy atom. The molecule has 3 N–H and O–H groups in total. The number of benzene rings is 1. The number of amides is 1. The topological polar surface area (TPSA) is 68.0 Å². The highest BCUT2D eigenvalue weighted by Crippen LogP contribution is 2.14. The van der Waals surface area contributed by atoms with Crippen molar-refractivity contribution in [3.63, 3.8) is 0 Å². The van der Waals surface area contributed by atoms with Crippen molar-refractivity contribution in [2.24, 2.45) is 5.73 Å². The summed E-state index contributed by atoms with van der Waals surface area (Å²) in [5, 5.41) is 3.37. The second-order valence-electron chi connectivity index (χ2n) is 3.93. The molecule has 0 aliphatic carbocycles. The van der Waals surface area contributed by atoms with Crippen molar-refractivity contribution in [2.45, 2.75) is 0 Å². The average molecular weight is 286 g/mol. The number of hydrogen-bond acceptors (Lipinski definition) is 3. The third-order valence-electron chi connectivity index (χ3n) is 2.44. The molecule has 20 heavy (non-hydrogen) atoms. The maximum absolute atomic E-state index is 12.1. The van der Waals surface area contributed by atoms with Gasteiger partial charge in [0.2, 0.25) is 0 Å². The molecule has 0 bridgehead atoms. The second-order valence-corrected chi connectivity index (χ2v) is 4.37. The first-order chi connectivity index (χ1) is 9.69. The van der Waals surface area contributed by atoms with Crippen LogP contribution in [0, 0.1) is 11.8 Å². The van der Waals surface area contributed by atoms with Gasteiger partial charge in [0.15, 0.2) is 0 Å². The molecule has 0 aliphatic rings. The lowest BCUT2D eigenvalue weighted by Gasteiger charge is -2.05. The minimum atomic E-state index is -0.253. The molecule has 0 radical (unpaired) electrons. The summed E-state index contributed by atoms with van der Waals surface area (Å²) in [7, 11) is 0. The van der Waals surface area contributed by atoms with E-state index in [1.165, 1.54) is 6.20 Å². The summed E-state index contributed by atoms with van der Waals surface area (Å²) in [6.45, 7) is 0.265. The Bertz CT molecular complexity index is 672. The molecule has 2 aromatic rings. The van der Waals surface area contributed by atoms with Gasteiger partial charge < -0.3 is 11.1 Å². The van der Waals surface area contributed by atoms with E-state index in [0.717, 1.165) is 0 Å². The number of hydrogen-bond donors (Lipinski definition) is 2. The van der Waals surface area contributed by atoms with Crippen molar-refractivity contribution in [3.05, 3.63) is 58.9 Å². The summed E-state index contributed by atoms with van der Waals surface area (Å²) in [6.07, 6.45) is 3.07.